The summed E-state index contributed by atoms with van der Waals surface area (Å²) in [7, 11) is -9.79. The Kier molecular flexibility index (Phi) is 67.3. The van der Waals surface area contributed by atoms with Crippen LogP contribution in [0.1, 0.15) is 303 Å². The lowest BCUT2D eigenvalue weighted by atomic mass is 10.0. The zero-order chi connectivity index (χ0) is 69.5. The highest BCUT2D eigenvalue weighted by atomic mass is 31.2. The molecule has 95 heavy (non-hydrogen) atoms. The minimum absolute atomic E-state index is 0.0840. The molecule has 0 aliphatic carbocycles. The average Bonchev–Trinajstić information content (AvgIpc) is 1.85. The minimum Gasteiger partial charge on any atom is -0.463 e. The molecule has 0 aliphatic heterocycles. The summed E-state index contributed by atoms with van der Waals surface area (Å²) in [6.45, 7) is 2.53. The summed E-state index contributed by atoms with van der Waals surface area (Å²) in [5.74, 6) is -1.61. The second-order valence-electron chi connectivity index (χ2n) is 24.7. The Hall–Kier alpha value is -3.79. The summed E-state index contributed by atoms with van der Waals surface area (Å²) < 4.78 is 61.0. The van der Waals surface area contributed by atoms with E-state index < -0.39 is 91.5 Å². The molecular formula is C77H134O16P2. The number of hydrogen-bond acceptors (Lipinski definition) is 14. The van der Waals surface area contributed by atoms with Crippen molar-refractivity contribution in [2.45, 2.75) is 322 Å². The van der Waals surface area contributed by atoms with Crippen molar-refractivity contribution in [1.29, 1.82) is 0 Å². The summed E-state index contributed by atoms with van der Waals surface area (Å²) in [5, 5.41) is 20.6. The number of aliphatic hydroxyl groups is 2. The van der Waals surface area contributed by atoms with Gasteiger partial charge in [0.25, 0.3) is 0 Å². The monoisotopic (exact) mass is 1380 g/mol. The molecule has 0 aromatic rings. The predicted octanol–water partition coefficient (Wildman–Crippen LogP) is 21.2. The Morgan fingerprint density at radius 2 is 0.547 bits per heavy atom. The van der Waals surface area contributed by atoms with Crippen LogP contribution in [0.2, 0.25) is 0 Å². The lowest BCUT2D eigenvalue weighted by Crippen LogP contribution is -2.30. The Morgan fingerprint density at radius 1 is 0.295 bits per heavy atom. The third-order valence-electron chi connectivity index (χ3n) is 15.4. The second-order valence-corrected chi connectivity index (χ2v) is 27.6. The maximum Gasteiger partial charge on any atom is 0.472 e. The number of allylic oxidation sites excluding steroid dienone is 18. The fraction of sp³-hybridized carbons (Fsp3) is 0.727. The summed E-state index contributed by atoms with van der Waals surface area (Å²) in [6, 6.07) is 0. The van der Waals surface area contributed by atoms with E-state index in [4.69, 9.17) is 32.3 Å². The van der Waals surface area contributed by atoms with Gasteiger partial charge in [-0.05, 0) is 128 Å². The van der Waals surface area contributed by atoms with Crippen molar-refractivity contribution in [3.63, 3.8) is 0 Å². The van der Waals surface area contributed by atoms with E-state index in [1.54, 1.807) is 0 Å². The lowest BCUT2D eigenvalue weighted by Gasteiger charge is -2.21. The summed E-state index contributed by atoms with van der Waals surface area (Å²) in [5.41, 5.74) is 0. The largest absolute Gasteiger partial charge is 0.472 e. The molecular weight excluding hydrogens is 1240 g/mol. The number of rotatable bonds is 70. The average molecular weight is 1380 g/mol. The zero-order valence-electron chi connectivity index (χ0n) is 59.6. The lowest BCUT2D eigenvalue weighted by molar-refractivity contribution is -0.161. The first-order valence-electron chi connectivity index (χ1n) is 37.2. The maximum absolute atomic E-state index is 12.9. The first kappa shape index (κ1) is 91.2. The van der Waals surface area contributed by atoms with Crippen LogP contribution < -0.4 is 0 Å². The number of esters is 3. The number of unbranched alkanes of at least 4 members (excludes halogenated alkanes) is 29. The van der Waals surface area contributed by atoms with Gasteiger partial charge in [0, 0.05) is 19.3 Å². The molecule has 0 aliphatic rings. The molecule has 0 amide bonds. The molecule has 18 heteroatoms. The molecule has 0 bridgehead atoms. The first-order chi connectivity index (χ1) is 46.2. The van der Waals surface area contributed by atoms with Crippen LogP contribution in [-0.2, 0) is 55.8 Å². The maximum atomic E-state index is 12.9. The van der Waals surface area contributed by atoms with Gasteiger partial charge >= 0.3 is 33.6 Å². The van der Waals surface area contributed by atoms with Gasteiger partial charge in [0.05, 0.1) is 26.4 Å². The minimum atomic E-state index is -4.93. The van der Waals surface area contributed by atoms with Crippen molar-refractivity contribution < 1.29 is 75.8 Å². The van der Waals surface area contributed by atoms with Crippen LogP contribution in [0.5, 0.6) is 0 Å². The van der Waals surface area contributed by atoms with Crippen LogP contribution in [0.3, 0.4) is 0 Å². The topological polar surface area (TPSA) is 231 Å². The molecule has 0 fully saturated rings. The van der Waals surface area contributed by atoms with Crippen LogP contribution in [0.4, 0.5) is 0 Å². The van der Waals surface area contributed by atoms with Gasteiger partial charge in [0.15, 0.2) is 6.10 Å². The highest BCUT2D eigenvalue weighted by Gasteiger charge is 2.29. The van der Waals surface area contributed by atoms with Gasteiger partial charge in [-0.25, -0.2) is 9.13 Å². The number of hydrogen-bond donors (Lipinski definition) is 4. The molecule has 0 saturated carbocycles. The molecule has 0 rings (SSSR count). The van der Waals surface area contributed by atoms with Crippen molar-refractivity contribution >= 4 is 33.6 Å². The van der Waals surface area contributed by atoms with E-state index in [2.05, 4.69) is 130 Å². The molecule has 5 unspecified atom stereocenters. The van der Waals surface area contributed by atoms with Crippen molar-refractivity contribution in [3.05, 3.63) is 109 Å². The molecule has 0 radical (unpaired) electrons. The molecule has 0 saturated heterocycles. The Balaban J connectivity index is 4.53. The zero-order valence-corrected chi connectivity index (χ0v) is 61.4. The Labute approximate surface area is 577 Å². The van der Waals surface area contributed by atoms with Gasteiger partial charge in [-0.2, -0.15) is 0 Å². The number of carbonyl (C=O) groups excluding carboxylic acids is 3. The number of aliphatic hydroxyl groups excluding tert-OH is 2. The van der Waals surface area contributed by atoms with Gasteiger partial charge in [0.1, 0.15) is 25.4 Å². The van der Waals surface area contributed by atoms with Crippen LogP contribution >= 0.6 is 15.6 Å². The van der Waals surface area contributed by atoms with Crippen molar-refractivity contribution in [2.75, 3.05) is 39.6 Å². The van der Waals surface area contributed by atoms with Crippen molar-refractivity contribution in [2.24, 2.45) is 0 Å². The number of phosphoric acid groups is 2. The summed E-state index contributed by atoms with van der Waals surface area (Å²) in [4.78, 5) is 58.5. The van der Waals surface area contributed by atoms with Gasteiger partial charge < -0.3 is 34.2 Å². The van der Waals surface area contributed by atoms with Gasteiger partial charge in [-0.1, -0.05) is 265 Å². The van der Waals surface area contributed by atoms with Crippen LogP contribution in [0.15, 0.2) is 109 Å². The first-order valence-corrected chi connectivity index (χ1v) is 40.2. The fourth-order valence-electron chi connectivity index (χ4n) is 9.72. The molecule has 4 N–H and O–H groups in total. The second kappa shape index (κ2) is 70.1. The van der Waals surface area contributed by atoms with E-state index in [0.717, 1.165) is 154 Å². The predicted molar refractivity (Wildman–Crippen MR) is 390 cm³/mol. The summed E-state index contributed by atoms with van der Waals surface area (Å²) in [6.07, 6.45) is 80.0. The SMILES string of the molecule is CCC/C=C\C/C=C\CCCCCCCC(=O)OC(COC(=O)CCCCCCCC/C=C\C/C=C\C/C=C\CCCCC)COP(=O)(O)OCC(O)COP(=O)(O)OCC(O)COC(=O)CCCCCCCCCCCCC/C=C\C/C=C\C/C=C\C/C=C\CCCCC. The van der Waals surface area contributed by atoms with E-state index in [9.17, 15) is 43.5 Å². The van der Waals surface area contributed by atoms with E-state index in [-0.39, 0.29) is 19.3 Å². The highest BCUT2D eigenvalue weighted by molar-refractivity contribution is 7.47. The molecule has 0 heterocycles. The Bertz CT molecular complexity index is 2170. The van der Waals surface area contributed by atoms with Crippen molar-refractivity contribution in [3.8, 4) is 0 Å². The van der Waals surface area contributed by atoms with Crippen LogP contribution in [-0.4, -0.2) is 95.9 Å². The van der Waals surface area contributed by atoms with Crippen molar-refractivity contribution in [1.82, 2.24) is 0 Å². The molecule has 5 atom stereocenters. The standard InChI is InChI=1S/C77H134O16P2/c1-4-7-10-13-16-19-22-25-27-29-31-32-33-34-35-36-37-38-40-42-43-46-48-51-54-57-60-63-75(80)87-66-72(78)67-89-94(83,84)90-68-73(79)69-91-95(85,86)92-71-74(93-77(82)65-62-59-56-53-50-45-24-21-18-15-12-9-6-3)70-88-76(81)64-61-58-55-52-49-47-44-41-39-30-28-26-23-20-17-14-11-8-5-2/h12,15-17,19-21,24-28,31-32,34-35,39,41,72-74,78-79H,4-11,13-14,18,22-23,29-30,33,36-38,40,42-71H2,1-3H3,(H,83,84)(H,85,86)/b15-12-,19-16-,20-17-,24-21-,27-25-,28-26-,32-31-,35-34-,41-39-. The van der Waals surface area contributed by atoms with E-state index >= 15 is 0 Å². The quantitative estimate of drug-likeness (QED) is 0.0146. The van der Waals surface area contributed by atoms with Gasteiger partial charge in [-0.3, -0.25) is 32.5 Å². The molecule has 0 aromatic carbocycles. The Morgan fingerprint density at radius 3 is 0.874 bits per heavy atom. The van der Waals surface area contributed by atoms with Crippen LogP contribution in [0.25, 0.3) is 0 Å². The summed E-state index contributed by atoms with van der Waals surface area (Å²) >= 11 is 0. The van der Waals surface area contributed by atoms with E-state index in [1.165, 1.54) is 89.9 Å². The van der Waals surface area contributed by atoms with Crippen LogP contribution in [0, 0.1) is 0 Å². The molecule has 0 spiro atoms. The smallest absolute Gasteiger partial charge is 0.463 e. The number of phosphoric ester groups is 2. The normalized spacial score (nSPS) is 14.7. The van der Waals surface area contributed by atoms with Gasteiger partial charge in [-0.15, -0.1) is 0 Å². The third-order valence-corrected chi connectivity index (χ3v) is 17.3. The highest BCUT2D eigenvalue weighted by Crippen LogP contribution is 2.45. The van der Waals surface area contributed by atoms with E-state index in [1.807, 2.05) is 0 Å². The van der Waals surface area contributed by atoms with Gasteiger partial charge in [0.2, 0.25) is 0 Å². The molecule has 0 aromatic heterocycles. The third kappa shape index (κ3) is 71.3. The number of carbonyl (C=O) groups is 3. The van der Waals surface area contributed by atoms with E-state index in [0.29, 0.717) is 19.3 Å². The molecule has 548 valence electrons. The molecule has 16 nitrogen and oxygen atoms in total. The number of ether oxygens (including phenoxy) is 3. The fourth-order valence-corrected chi connectivity index (χ4v) is 11.3.